The van der Waals surface area contributed by atoms with Crippen molar-refractivity contribution in [3.8, 4) is 0 Å². The zero-order chi connectivity index (χ0) is 26.5. The highest BCUT2D eigenvalue weighted by atomic mass is 16.6. The van der Waals surface area contributed by atoms with Crippen LogP contribution in [0.2, 0.25) is 0 Å². The van der Waals surface area contributed by atoms with E-state index in [4.69, 9.17) is 14.5 Å². The van der Waals surface area contributed by atoms with E-state index in [0.29, 0.717) is 12.6 Å². The van der Waals surface area contributed by atoms with Crippen molar-refractivity contribution in [3.05, 3.63) is 23.4 Å². The molecule has 3 heterocycles. The van der Waals surface area contributed by atoms with Gasteiger partial charge in [0, 0.05) is 30.9 Å². The van der Waals surface area contributed by atoms with Gasteiger partial charge in [-0.3, -0.25) is 4.90 Å². The van der Waals surface area contributed by atoms with E-state index >= 15 is 0 Å². The normalized spacial score (nSPS) is 20.3. The number of aryl methyl sites for hydroxylation is 2. The van der Waals surface area contributed by atoms with Gasteiger partial charge in [-0.15, -0.1) is 0 Å². The van der Waals surface area contributed by atoms with Gasteiger partial charge < -0.3 is 19.7 Å². The van der Waals surface area contributed by atoms with E-state index in [1.54, 1.807) is 4.90 Å². The molecule has 0 bridgehead atoms. The molecule has 1 aromatic heterocycles. The summed E-state index contributed by atoms with van der Waals surface area (Å²) in [5, 5.41) is 3.63. The van der Waals surface area contributed by atoms with E-state index in [2.05, 4.69) is 24.4 Å². The summed E-state index contributed by atoms with van der Waals surface area (Å²) >= 11 is 0. The molecule has 2 aliphatic heterocycles. The average Bonchev–Trinajstić information content (AvgIpc) is 3.13. The van der Waals surface area contributed by atoms with Crippen LogP contribution in [-0.2, 0) is 22.3 Å². The highest BCUT2D eigenvalue weighted by Crippen LogP contribution is 2.27. The van der Waals surface area contributed by atoms with E-state index in [1.807, 2.05) is 46.4 Å². The lowest BCUT2D eigenvalue weighted by molar-refractivity contribution is 0.0229. The fourth-order valence-electron chi connectivity index (χ4n) is 4.80. The maximum Gasteiger partial charge on any atom is 0.416 e. The molecule has 1 unspecified atom stereocenters. The fourth-order valence-corrected chi connectivity index (χ4v) is 4.80. The summed E-state index contributed by atoms with van der Waals surface area (Å²) in [5.74, 6) is 0.763. The molecule has 8 heteroatoms. The average molecular weight is 503 g/mol. The minimum Gasteiger partial charge on any atom is -0.444 e. The Balaban J connectivity index is 1.41. The van der Waals surface area contributed by atoms with Crippen molar-refractivity contribution in [1.29, 1.82) is 0 Å². The van der Waals surface area contributed by atoms with Gasteiger partial charge in [-0.1, -0.05) is 12.5 Å². The van der Waals surface area contributed by atoms with Crippen molar-refractivity contribution in [2.45, 2.75) is 117 Å². The molecule has 0 aliphatic carbocycles. The number of hydrogen-bond donors (Lipinski definition) is 1. The Morgan fingerprint density at radius 1 is 1.00 bits per heavy atom. The van der Waals surface area contributed by atoms with Crippen LogP contribution < -0.4 is 10.2 Å². The standard InChI is InChI=1S/C28H46N4O4/c1-20-23(16-19-31(20)25(33)35-27(2,3)4)29-17-10-8-9-13-22-15-14-21-12-11-18-32(24(21)30-22)26(34)36-28(5,6)7/h14-15,20,23,29H,8-13,16-19H2,1-7H3/t20-,23?/m1/s1. The minimum atomic E-state index is -0.523. The van der Waals surface area contributed by atoms with Crippen LogP contribution in [0.5, 0.6) is 0 Å². The summed E-state index contributed by atoms with van der Waals surface area (Å²) in [5.41, 5.74) is 1.15. The van der Waals surface area contributed by atoms with Crippen molar-refractivity contribution < 1.29 is 19.1 Å². The molecular formula is C28H46N4O4. The van der Waals surface area contributed by atoms with Crippen molar-refractivity contribution in [3.63, 3.8) is 0 Å². The van der Waals surface area contributed by atoms with Crippen LogP contribution in [0.1, 0.15) is 91.8 Å². The van der Waals surface area contributed by atoms with Crippen LogP contribution in [-0.4, -0.2) is 65.0 Å². The van der Waals surface area contributed by atoms with Crippen LogP contribution >= 0.6 is 0 Å². The van der Waals surface area contributed by atoms with Crippen molar-refractivity contribution in [2.24, 2.45) is 0 Å². The first kappa shape index (κ1) is 28.2. The number of anilines is 1. The number of unbranched alkanes of at least 4 members (excludes halogenated alkanes) is 2. The molecule has 0 spiro atoms. The molecule has 2 aliphatic rings. The zero-order valence-corrected chi connectivity index (χ0v) is 23.4. The summed E-state index contributed by atoms with van der Waals surface area (Å²) in [6, 6.07) is 4.65. The van der Waals surface area contributed by atoms with E-state index in [9.17, 15) is 9.59 Å². The van der Waals surface area contributed by atoms with Crippen LogP contribution in [0, 0.1) is 0 Å². The molecule has 36 heavy (non-hydrogen) atoms. The highest BCUT2D eigenvalue weighted by molar-refractivity contribution is 5.88. The lowest BCUT2D eigenvalue weighted by atomic mass is 10.0. The van der Waals surface area contributed by atoms with Crippen molar-refractivity contribution >= 4 is 18.0 Å². The van der Waals surface area contributed by atoms with Crippen LogP contribution in [0.15, 0.2) is 12.1 Å². The quantitative estimate of drug-likeness (QED) is 0.498. The smallest absolute Gasteiger partial charge is 0.416 e. The van der Waals surface area contributed by atoms with Crippen molar-refractivity contribution in [1.82, 2.24) is 15.2 Å². The zero-order valence-electron chi connectivity index (χ0n) is 23.4. The van der Waals surface area contributed by atoms with Crippen LogP contribution in [0.4, 0.5) is 15.4 Å². The number of nitrogens with zero attached hydrogens (tertiary/aromatic N) is 3. The first-order valence-corrected chi connectivity index (χ1v) is 13.6. The molecule has 1 aromatic rings. The minimum absolute atomic E-state index is 0.132. The Morgan fingerprint density at radius 3 is 2.39 bits per heavy atom. The summed E-state index contributed by atoms with van der Waals surface area (Å²) < 4.78 is 11.1. The predicted molar refractivity (Wildman–Crippen MR) is 143 cm³/mol. The Bertz CT molecular complexity index is 906. The third kappa shape index (κ3) is 8.08. The number of carbonyl (C=O) groups excluding carboxylic acids is 2. The molecule has 1 fully saturated rings. The number of carbonyl (C=O) groups is 2. The molecule has 1 N–H and O–H groups in total. The molecule has 0 saturated carbocycles. The lowest BCUT2D eigenvalue weighted by Gasteiger charge is -2.31. The Labute approximate surface area is 217 Å². The fraction of sp³-hybridized carbons (Fsp3) is 0.750. The number of hydrogen-bond acceptors (Lipinski definition) is 6. The highest BCUT2D eigenvalue weighted by Gasteiger charge is 2.35. The van der Waals surface area contributed by atoms with Gasteiger partial charge in [0.25, 0.3) is 0 Å². The third-order valence-electron chi connectivity index (χ3n) is 6.61. The summed E-state index contributed by atoms with van der Waals surface area (Å²) in [6.45, 7) is 15.8. The number of pyridine rings is 1. The maximum atomic E-state index is 12.7. The van der Waals surface area contributed by atoms with Gasteiger partial charge in [0.2, 0.25) is 0 Å². The number of nitrogens with one attached hydrogen (secondary N) is 1. The SMILES string of the molecule is C[C@@H]1C(NCCCCCc2ccc3c(n2)N(C(=O)OC(C)(C)C)CCC3)CCN1C(=O)OC(C)(C)C. The summed E-state index contributed by atoms with van der Waals surface area (Å²) in [7, 11) is 0. The molecule has 0 radical (unpaired) electrons. The number of ether oxygens (including phenoxy) is 2. The third-order valence-corrected chi connectivity index (χ3v) is 6.61. The Kier molecular flexibility index (Phi) is 9.25. The molecule has 0 aromatic carbocycles. The van der Waals surface area contributed by atoms with Crippen LogP contribution in [0.3, 0.4) is 0 Å². The van der Waals surface area contributed by atoms with Crippen molar-refractivity contribution in [2.75, 3.05) is 24.5 Å². The summed E-state index contributed by atoms with van der Waals surface area (Å²) in [6.07, 6.45) is 6.39. The van der Waals surface area contributed by atoms with E-state index in [1.165, 1.54) is 0 Å². The molecule has 2 atom stereocenters. The van der Waals surface area contributed by atoms with Gasteiger partial charge in [-0.25, -0.2) is 14.6 Å². The molecule has 2 amide bonds. The van der Waals surface area contributed by atoms with Gasteiger partial charge in [0.05, 0.1) is 0 Å². The van der Waals surface area contributed by atoms with Gasteiger partial charge in [0.15, 0.2) is 0 Å². The van der Waals surface area contributed by atoms with Gasteiger partial charge in [-0.05, 0) is 105 Å². The number of amides is 2. The monoisotopic (exact) mass is 502 g/mol. The molecule has 8 nitrogen and oxygen atoms in total. The lowest BCUT2D eigenvalue weighted by Crippen LogP contribution is -2.45. The second-order valence-corrected chi connectivity index (χ2v) is 12.1. The molecule has 1 saturated heterocycles. The van der Waals surface area contributed by atoms with Gasteiger partial charge in [-0.2, -0.15) is 0 Å². The van der Waals surface area contributed by atoms with E-state index in [0.717, 1.165) is 75.1 Å². The van der Waals surface area contributed by atoms with E-state index in [-0.39, 0.29) is 18.2 Å². The molecular weight excluding hydrogens is 456 g/mol. The number of rotatable bonds is 7. The maximum absolute atomic E-state index is 12.7. The number of likely N-dealkylation sites (tertiary alicyclic amines) is 1. The second-order valence-electron chi connectivity index (χ2n) is 12.1. The topological polar surface area (TPSA) is 84.0 Å². The Morgan fingerprint density at radius 2 is 1.69 bits per heavy atom. The van der Waals surface area contributed by atoms with Gasteiger partial charge >= 0.3 is 12.2 Å². The predicted octanol–water partition coefficient (Wildman–Crippen LogP) is 5.47. The number of fused-ring (bicyclic) bond motifs is 1. The summed E-state index contributed by atoms with van der Waals surface area (Å²) in [4.78, 5) is 33.5. The van der Waals surface area contributed by atoms with Gasteiger partial charge in [0.1, 0.15) is 17.0 Å². The Hall–Kier alpha value is -2.35. The molecule has 202 valence electrons. The first-order chi connectivity index (χ1) is 16.8. The largest absolute Gasteiger partial charge is 0.444 e. The first-order valence-electron chi connectivity index (χ1n) is 13.6. The number of aromatic nitrogens is 1. The molecule has 3 rings (SSSR count). The van der Waals surface area contributed by atoms with Crippen LogP contribution in [0.25, 0.3) is 0 Å². The van der Waals surface area contributed by atoms with E-state index < -0.39 is 11.2 Å². The second kappa shape index (κ2) is 11.8.